The summed E-state index contributed by atoms with van der Waals surface area (Å²) < 4.78 is 11.5. The number of nitrogens with one attached hydrogen (secondary N) is 1. The van der Waals surface area contributed by atoms with Crippen LogP contribution in [0.4, 0.5) is 5.69 Å². The third kappa shape index (κ3) is 2.91. The molecule has 0 aliphatic rings. The summed E-state index contributed by atoms with van der Waals surface area (Å²) in [5, 5.41) is 4.49. The monoisotopic (exact) mass is 361 g/mol. The number of anilines is 1. The van der Waals surface area contributed by atoms with Crippen LogP contribution in [0.5, 0.6) is 0 Å². The molecule has 5 nitrogen and oxygen atoms in total. The maximum Gasteiger partial charge on any atom is 0.336 e. The summed E-state index contributed by atoms with van der Waals surface area (Å²) in [5.74, 6) is 0.334. The van der Waals surface area contributed by atoms with Crippen molar-refractivity contribution in [3.8, 4) is 11.3 Å². The van der Waals surface area contributed by atoms with Gasteiger partial charge in [-0.15, -0.1) is 0 Å². The average Bonchev–Trinajstić information content (AvgIpc) is 3.01. The normalized spacial score (nSPS) is 11.2. The van der Waals surface area contributed by atoms with E-state index >= 15 is 0 Å². The van der Waals surface area contributed by atoms with Crippen molar-refractivity contribution in [2.75, 3.05) is 5.32 Å². The molecule has 0 atom stereocenters. The van der Waals surface area contributed by atoms with Crippen molar-refractivity contribution in [2.24, 2.45) is 0 Å². The lowest BCUT2D eigenvalue weighted by atomic mass is 10.0. The van der Waals surface area contributed by atoms with Crippen molar-refractivity contribution < 1.29 is 13.6 Å². The van der Waals surface area contributed by atoms with Crippen LogP contribution >= 0.6 is 0 Å². The van der Waals surface area contributed by atoms with E-state index in [1.807, 2.05) is 50.2 Å². The Hall–Kier alpha value is -3.34. The van der Waals surface area contributed by atoms with Crippen LogP contribution in [-0.2, 0) is 4.79 Å². The number of aryl methyl sites for hydroxylation is 2. The molecular formula is C22H19NO4. The molecule has 0 bridgehead atoms. The van der Waals surface area contributed by atoms with Gasteiger partial charge in [-0.2, -0.15) is 0 Å². The van der Waals surface area contributed by atoms with Gasteiger partial charge in [-0.05, 0) is 49.2 Å². The fourth-order valence-corrected chi connectivity index (χ4v) is 3.19. The molecule has 0 radical (unpaired) electrons. The highest BCUT2D eigenvalue weighted by Crippen LogP contribution is 2.40. The number of amides is 1. The number of para-hydroxylation sites is 1. The van der Waals surface area contributed by atoms with Crippen LogP contribution in [0.15, 0.2) is 56.1 Å². The fraction of sp³-hybridized carbons (Fsp3) is 0.182. The van der Waals surface area contributed by atoms with Gasteiger partial charge in [-0.1, -0.05) is 19.1 Å². The zero-order valence-corrected chi connectivity index (χ0v) is 15.4. The molecule has 0 saturated heterocycles. The van der Waals surface area contributed by atoms with Crippen LogP contribution in [0.3, 0.4) is 0 Å². The van der Waals surface area contributed by atoms with Crippen LogP contribution in [0, 0.1) is 13.8 Å². The van der Waals surface area contributed by atoms with E-state index in [9.17, 15) is 9.59 Å². The second kappa shape index (κ2) is 6.43. The minimum Gasteiger partial charge on any atom is -0.454 e. The van der Waals surface area contributed by atoms with Crippen molar-refractivity contribution >= 4 is 33.5 Å². The summed E-state index contributed by atoms with van der Waals surface area (Å²) in [6.45, 7) is 5.76. The molecule has 1 N–H and O–H groups in total. The minimum absolute atomic E-state index is 0.123. The second-order valence-electron chi connectivity index (χ2n) is 6.62. The molecular weight excluding hydrogens is 342 g/mol. The van der Waals surface area contributed by atoms with E-state index in [0.717, 1.165) is 21.9 Å². The second-order valence-corrected chi connectivity index (χ2v) is 6.62. The van der Waals surface area contributed by atoms with Crippen molar-refractivity contribution in [3.63, 3.8) is 0 Å². The number of carbonyl (C=O) groups excluding carboxylic acids is 1. The lowest BCUT2D eigenvalue weighted by Gasteiger charge is -2.09. The molecule has 0 aliphatic heterocycles. The summed E-state index contributed by atoms with van der Waals surface area (Å²) in [4.78, 5) is 24.3. The maximum absolute atomic E-state index is 12.2. The van der Waals surface area contributed by atoms with E-state index in [2.05, 4.69) is 5.32 Å². The SMILES string of the molecule is CCC(=O)Nc1c(-c2cc(=O)oc3cc(C)c(C)cc23)oc2ccccc12. The molecule has 0 unspecified atom stereocenters. The number of carbonyl (C=O) groups is 1. The Morgan fingerprint density at radius 3 is 2.48 bits per heavy atom. The summed E-state index contributed by atoms with van der Waals surface area (Å²) >= 11 is 0. The third-order valence-corrected chi connectivity index (χ3v) is 4.78. The Bertz CT molecular complexity index is 1250. The highest BCUT2D eigenvalue weighted by molar-refractivity contribution is 6.09. The predicted octanol–water partition coefficient (Wildman–Crippen LogP) is 5.17. The number of hydrogen-bond acceptors (Lipinski definition) is 4. The third-order valence-electron chi connectivity index (χ3n) is 4.78. The van der Waals surface area contributed by atoms with Gasteiger partial charge in [0, 0.05) is 28.8 Å². The standard InChI is InChI=1S/C22H19NO4/c1-4-19(24)23-21-14-7-5-6-8-17(14)27-22(21)16-11-20(25)26-18-10-13(3)12(2)9-15(16)18/h5-11H,4H2,1-3H3,(H,23,24). The molecule has 4 aromatic rings. The fourth-order valence-electron chi connectivity index (χ4n) is 3.19. The lowest BCUT2D eigenvalue weighted by Crippen LogP contribution is -2.10. The number of furan rings is 1. The van der Waals surface area contributed by atoms with Gasteiger partial charge in [-0.25, -0.2) is 4.79 Å². The highest BCUT2D eigenvalue weighted by atomic mass is 16.4. The molecule has 136 valence electrons. The molecule has 27 heavy (non-hydrogen) atoms. The van der Waals surface area contributed by atoms with Crippen LogP contribution < -0.4 is 10.9 Å². The molecule has 2 heterocycles. The van der Waals surface area contributed by atoms with Gasteiger partial charge in [0.15, 0.2) is 5.76 Å². The van der Waals surface area contributed by atoms with Crippen LogP contribution in [0.2, 0.25) is 0 Å². The zero-order valence-electron chi connectivity index (χ0n) is 15.4. The molecule has 0 spiro atoms. The number of benzene rings is 2. The van der Waals surface area contributed by atoms with Crippen molar-refractivity contribution in [2.45, 2.75) is 27.2 Å². The minimum atomic E-state index is -0.464. The summed E-state index contributed by atoms with van der Waals surface area (Å²) in [7, 11) is 0. The Morgan fingerprint density at radius 2 is 1.70 bits per heavy atom. The highest BCUT2D eigenvalue weighted by Gasteiger charge is 2.21. The van der Waals surface area contributed by atoms with Crippen LogP contribution in [0.1, 0.15) is 24.5 Å². The van der Waals surface area contributed by atoms with E-state index in [-0.39, 0.29) is 5.91 Å². The quantitative estimate of drug-likeness (QED) is 0.511. The molecule has 2 aromatic heterocycles. The first-order valence-electron chi connectivity index (χ1n) is 8.84. The van der Waals surface area contributed by atoms with Gasteiger partial charge in [0.1, 0.15) is 11.2 Å². The van der Waals surface area contributed by atoms with Crippen molar-refractivity contribution in [3.05, 3.63) is 64.0 Å². The predicted molar refractivity (Wildman–Crippen MR) is 106 cm³/mol. The summed E-state index contributed by atoms with van der Waals surface area (Å²) in [5.41, 5.74) is 3.96. The maximum atomic E-state index is 12.2. The Labute approximate surface area is 155 Å². The zero-order chi connectivity index (χ0) is 19.1. The molecule has 0 saturated carbocycles. The molecule has 0 fully saturated rings. The summed E-state index contributed by atoms with van der Waals surface area (Å²) in [6, 6.07) is 12.7. The number of fused-ring (bicyclic) bond motifs is 2. The van der Waals surface area contributed by atoms with Gasteiger partial charge in [0.05, 0.1) is 5.69 Å². The van der Waals surface area contributed by atoms with E-state index in [1.54, 1.807) is 6.92 Å². The Kier molecular flexibility index (Phi) is 4.07. The number of rotatable bonds is 3. The molecule has 0 aliphatic carbocycles. The van der Waals surface area contributed by atoms with E-state index < -0.39 is 5.63 Å². The molecule has 1 amide bonds. The summed E-state index contributed by atoms with van der Waals surface area (Å²) in [6.07, 6.45) is 0.342. The van der Waals surface area contributed by atoms with Crippen LogP contribution in [0.25, 0.3) is 33.3 Å². The topological polar surface area (TPSA) is 72.5 Å². The lowest BCUT2D eigenvalue weighted by molar-refractivity contribution is -0.115. The van der Waals surface area contributed by atoms with Gasteiger partial charge in [0.2, 0.25) is 5.91 Å². The average molecular weight is 361 g/mol. The van der Waals surface area contributed by atoms with Crippen LogP contribution in [-0.4, -0.2) is 5.91 Å². The van der Waals surface area contributed by atoms with Crippen molar-refractivity contribution in [1.29, 1.82) is 0 Å². The first kappa shape index (κ1) is 17.1. The molecule has 4 rings (SSSR count). The van der Waals surface area contributed by atoms with Gasteiger partial charge >= 0.3 is 5.63 Å². The smallest absolute Gasteiger partial charge is 0.336 e. The van der Waals surface area contributed by atoms with E-state index in [1.165, 1.54) is 6.07 Å². The Balaban J connectivity index is 2.08. The number of hydrogen-bond donors (Lipinski definition) is 1. The van der Waals surface area contributed by atoms with Gasteiger partial charge in [-0.3, -0.25) is 4.79 Å². The van der Waals surface area contributed by atoms with E-state index in [4.69, 9.17) is 8.83 Å². The first-order chi connectivity index (χ1) is 13.0. The van der Waals surface area contributed by atoms with Gasteiger partial charge < -0.3 is 14.2 Å². The first-order valence-corrected chi connectivity index (χ1v) is 8.84. The van der Waals surface area contributed by atoms with E-state index in [0.29, 0.717) is 34.6 Å². The Morgan fingerprint density at radius 1 is 0.963 bits per heavy atom. The van der Waals surface area contributed by atoms with Gasteiger partial charge in [0.25, 0.3) is 0 Å². The molecule has 2 aromatic carbocycles. The van der Waals surface area contributed by atoms with Crippen molar-refractivity contribution in [1.82, 2.24) is 0 Å². The largest absolute Gasteiger partial charge is 0.454 e. The molecule has 5 heteroatoms.